The highest BCUT2D eigenvalue weighted by molar-refractivity contribution is 9.09. The normalized spacial score (nSPS) is 11.5. The lowest BCUT2D eigenvalue weighted by atomic mass is 9.82. The van der Waals surface area contributed by atoms with Gasteiger partial charge in [0.1, 0.15) is 0 Å². The lowest BCUT2D eigenvalue weighted by Gasteiger charge is -2.24. The van der Waals surface area contributed by atoms with Crippen molar-refractivity contribution in [3.63, 3.8) is 0 Å². The molecule has 0 radical (unpaired) electrons. The number of carbonyl (C=O) groups is 1. The van der Waals surface area contributed by atoms with Crippen LogP contribution in [0.5, 0.6) is 0 Å². The molecule has 0 amide bonds. The van der Waals surface area contributed by atoms with Crippen molar-refractivity contribution in [3.8, 4) is 0 Å². The molecule has 0 saturated heterocycles. The molecule has 3 heteroatoms. The van der Waals surface area contributed by atoms with Crippen LogP contribution in [0.25, 0.3) is 0 Å². The van der Waals surface area contributed by atoms with Gasteiger partial charge in [0.05, 0.1) is 6.61 Å². The van der Waals surface area contributed by atoms with Crippen LogP contribution in [0.1, 0.15) is 59.3 Å². The Balaban J connectivity index is 3.64. The summed E-state index contributed by atoms with van der Waals surface area (Å²) < 4.78 is 4.94. The van der Waals surface area contributed by atoms with Gasteiger partial charge in [-0.3, -0.25) is 4.79 Å². The lowest BCUT2D eigenvalue weighted by molar-refractivity contribution is -0.143. The van der Waals surface area contributed by atoms with Gasteiger partial charge in [-0.1, -0.05) is 42.6 Å². The SMILES string of the molecule is CCOC(=O)CCC(C)(C)CCCCCBr. The zero-order valence-electron chi connectivity index (χ0n) is 10.9. The van der Waals surface area contributed by atoms with Crippen molar-refractivity contribution in [1.82, 2.24) is 0 Å². The fourth-order valence-electron chi connectivity index (χ4n) is 1.67. The Bertz CT molecular complexity index is 190. The fourth-order valence-corrected chi connectivity index (χ4v) is 2.07. The molecule has 0 N–H and O–H groups in total. The molecule has 0 aromatic heterocycles. The lowest BCUT2D eigenvalue weighted by Crippen LogP contribution is -2.15. The van der Waals surface area contributed by atoms with E-state index < -0.39 is 0 Å². The molecule has 0 atom stereocenters. The van der Waals surface area contributed by atoms with E-state index in [9.17, 15) is 4.79 Å². The third-order valence-corrected chi connectivity index (χ3v) is 3.36. The van der Waals surface area contributed by atoms with Crippen molar-refractivity contribution >= 4 is 21.9 Å². The maximum atomic E-state index is 11.2. The van der Waals surface area contributed by atoms with Gasteiger partial charge in [-0.2, -0.15) is 0 Å². The van der Waals surface area contributed by atoms with Gasteiger partial charge in [0.25, 0.3) is 0 Å². The summed E-state index contributed by atoms with van der Waals surface area (Å²) in [5.74, 6) is -0.0592. The van der Waals surface area contributed by atoms with Crippen molar-refractivity contribution < 1.29 is 9.53 Å². The first kappa shape index (κ1) is 16.0. The molecule has 0 fully saturated rings. The Morgan fingerprint density at radius 1 is 1.19 bits per heavy atom. The third kappa shape index (κ3) is 9.20. The highest BCUT2D eigenvalue weighted by Gasteiger charge is 2.19. The molecule has 0 saturated carbocycles. The van der Waals surface area contributed by atoms with Gasteiger partial charge in [-0.05, 0) is 31.6 Å². The molecule has 0 rings (SSSR count). The summed E-state index contributed by atoms with van der Waals surface area (Å²) >= 11 is 3.44. The van der Waals surface area contributed by atoms with Crippen LogP contribution in [0.3, 0.4) is 0 Å². The summed E-state index contributed by atoms with van der Waals surface area (Å²) in [5, 5.41) is 1.09. The van der Waals surface area contributed by atoms with E-state index in [0.29, 0.717) is 13.0 Å². The zero-order chi connectivity index (χ0) is 12.4. The summed E-state index contributed by atoms with van der Waals surface area (Å²) in [4.78, 5) is 11.2. The molecule has 96 valence electrons. The van der Waals surface area contributed by atoms with Crippen LogP contribution >= 0.6 is 15.9 Å². The number of esters is 1. The maximum absolute atomic E-state index is 11.2. The third-order valence-electron chi connectivity index (χ3n) is 2.80. The standard InChI is InChI=1S/C13H25BrO2/c1-4-16-12(15)8-10-13(2,3)9-6-5-7-11-14/h4-11H2,1-3H3. The van der Waals surface area contributed by atoms with Crippen molar-refractivity contribution in [2.24, 2.45) is 5.41 Å². The number of halogens is 1. The molecule has 0 aromatic rings. The highest BCUT2D eigenvalue weighted by Crippen LogP contribution is 2.29. The van der Waals surface area contributed by atoms with Gasteiger partial charge in [-0.25, -0.2) is 0 Å². The minimum atomic E-state index is -0.0592. The van der Waals surface area contributed by atoms with E-state index in [2.05, 4.69) is 29.8 Å². The minimum Gasteiger partial charge on any atom is -0.466 e. The number of rotatable bonds is 9. The van der Waals surface area contributed by atoms with Crippen LogP contribution < -0.4 is 0 Å². The average molecular weight is 293 g/mol. The van der Waals surface area contributed by atoms with Crippen LogP contribution in [0, 0.1) is 5.41 Å². The summed E-state index contributed by atoms with van der Waals surface area (Å²) in [5.41, 5.74) is 0.263. The topological polar surface area (TPSA) is 26.3 Å². The molecule has 0 heterocycles. The Labute approximate surface area is 108 Å². The van der Waals surface area contributed by atoms with Crippen LogP contribution in [0.4, 0.5) is 0 Å². The average Bonchev–Trinajstić information content (AvgIpc) is 2.22. The molecule has 0 spiro atoms. The van der Waals surface area contributed by atoms with Crippen LogP contribution in [-0.4, -0.2) is 17.9 Å². The number of hydrogen-bond acceptors (Lipinski definition) is 2. The van der Waals surface area contributed by atoms with Crippen molar-refractivity contribution in [3.05, 3.63) is 0 Å². The van der Waals surface area contributed by atoms with E-state index in [4.69, 9.17) is 4.74 Å². The minimum absolute atomic E-state index is 0.0592. The van der Waals surface area contributed by atoms with Gasteiger partial charge in [0.15, 0.2) is 0 Å². The molecule has 16 heavy (non-hydrogen) atoms. The van der Waals surface area contributed by atoms with Crippen molar-refractivity contribution in [1.29, 1.82) is 0 Å². The van der Waals surface area contributed by atoms with E-state index in [-0.39, 0.29) is 11.4 Å². The number of carbonyl (C=O) groups excluding carboxylic acids is 1. The zero-order valence-corrected chi connectivity index (χ0v) is 12.4. The van der Waals surface area contributed by atoms with Crippen LogP contribution in [0.15, 0.2) is 0 Å². The largest absolute Gasteiger partial charge is 0.466 e. The second kappa shape index (κ2) is 9.03. The molecule has 2 nitrogen and oxygen atoms in total. The number of unbranched alkanes of at least 4 members (excludes halogenated alkanes) is 2. The molecule has 0 aromatic carbocycles. The molecule has 0 bridgehead atoms. The Morgan fingerprint density at radius 2 is 1.88 bits per heavy atom. The Kier molecular flexibility index (Phi) is 9.00. The Hall–Kier alpha value is -0.0500. The van der Waals surface area contributed by atoms with Crippen LogP contribution in [-0.2, 0) is 9.53 Å². The van der Waals surface area contributed by atoms with Gasteiger partial charge < -0.3 is 4.74 Å². The first-order valence-corrected chi connectivity index (χ1v) is 7.35. The molecule has 0 aliphatic rings. The molecule has 0 aliphatic carbocycles. The second-order valence-electron chi connectivity index (χ2n) is 4.97. The second-order valence-corrected chi connectivity index (χ2v) is 5.76. The van der Waals surface area contributed by atoms with E-state index in [1.54, 1.807) is 0 Å². The number of ether oxygens (including phenoxy) is 1. The van der Waals surface area contributed by atoms with E-state index in [1.165, 1.54) is 25.7 Å². The van der Waals surface area contributed by atoms with Gasteiger partial charge >= 0.3 is 5.97 Å². The first-order valence-electron chi connectivity index (χ1n) is 6.23. The summed E-state index contributed by atoms with van der Waals surface area (Å²) in [6, 6.07) is 0. The quantitative estimate of drug-likeness (QED) is 0.360. The summed E-state index contributed by atoms with van der Waals surface area (Å²) in [6.07, 6.45) is 6.45. The Morgan fingerprint density at radius 3 is 2.44 bits per heavy atom. The first-order chi connectivity index (χ1) is 7.52. The summed E-state index contributed by atoms with van der Waals surface area (Å²) in [7, 11) is 0. The fraction of sp³-hybridized carbons (Fsp3) is 0.923. The number of hydrogen-bond donors (Lipinski definition) is 0. The van der Waals surface area contributed by atoms with E-state index >= 15 is 0 Å². The monoisotopic (exact) mass is 292 g/mol. The molecule has 0 aliphatic heterocycles. The molecular formula is C13H25BrO2. The maximum Gasteiger partial charge on any atom is 0.305 e. The van der Waals surface area contributed by atoms with Crippen LogP contribution in [0.2, 0.25) is 0 Å². The van der Waals surface area contributed by atoms with Gasteiger partial charge in [0, 0.05) is 11.8 Å². The van der Waals surface area contributed by atoms with Crippen molar-refractivity contribution in [2.45, 2.75) is 59.3 Å². The summed E-state index contributed by atoms with van der Waals surface area (Å²) in [6.45, 7) is 6.81. The van der Waals surface area contributed by atoms with E-state index in [1.807, 2.05) is 6.92 Å². The predicted octanol–water partition coefficient (Wildman–Crippen LogP) is 4.31. The van der Waals surface area contributed by atoms with Gasteiger partial charge in [-0.15, -0.1) is 0 Å². The number of alkyl halides is 1. The smallest absolute Gasteiger partial charge is 0.305 e. The highest BCUT2D eigenvalue weighted by atomic mass is 79.9. The van der Waals surface area contributed by atoms with Gasteiger partial charge in [0.2, 0.25) is 0 Å². The molecule has 0 unspecified atom stereocenters. The molecular weight excluding hydrogens is 268 g/mol. The predicted molar refractivity (Wildman–Crippen MR) is 71.9 cm³/mol. The van der Waals surface area contributed by atoms with Crippen molar-refractivity contribution in [2.75, 3.05) is 11.9 Å². The van der Waals surface area contributed by atoms with E-state index in [0.717, 1.165) is 11.8 Å².